The third kappa shape index (κ3) is 3.69. The molecule has 0 bridgehead atoms. The van der Waals surface area contributed by atoms with Crippen LogP contribution < -0.4 is 5.32 Å². The molecule has 0 saturated carbocycles. The van der Waals surface area contributed by atoms with Gasteiger partial charge in [0.05, 0.1) is 6.10 Å². The predicted octanol–water partition coefficient (Wildman–Crippen LogP) is 1.65. The molecule has 2 aromatic rings. The van der Waals surface area contributed by atoms with Gasteiger partial charge in [0.1, 0.15) is 5.69 Å². The first-order chi connectivity index (χ1) is 9.16. The Hall–Kier alpha value is -2.07. The lowest BCUT2D eigenvalue weighted by atomic mass is 10.2. The molecule has 100 valence electrons. The Morgan fingerprint density at radius 2 is 2.00 bits per heavy atom. The smallest absolute Gasteiger partial charge is 0.268 e. The second-order valence-electron chi connectivity index (χ2n) is 4.57. The summed E-state index contributed by atoms with van der Waals surface area (Å²) in [5.41, 5.74) is 1.74. The van der Waals surface area contributed by atoms with E-state index in [9.17, 15) is 9.90 Å². The molecule has 0 aliphatic heterocycles. The second kappa shape index (κ2) is 6.20. The van der Waals surface area contributed by atoms with E-state index in [-0.39, 0.29) is 12.5 Å². The van der Waals surface area contributed by atoms with Gasteiger partial charge in [-0.3, -0.25) is 4.79 Å². The molecule has 19 heavy (non-hydrogen) atoms. The third-order valence-corrected chi connectivity index (χ3v) is 2.82. The number of hydrogen-bond donors (Lipinski definition) is 2. The number of nitrogens with zero attached hydrogens (tertiary/aromatic N) is 1. The van der Waals surface area contributed by atoms with Gasteiger partial charge in [0.25, 0.3) is 5.91 Å². The van der Waals surface area contributed by atoms with Crippen molar-refractivity contribution in [1.29, 1.82) is 0 Å². The number of aromatic nitrogens is 1. The quantitative estimate of drug-likeness (QED) is 0.856. The number of aliphatic hydroxyl groups is 1. The minimum atomic E-state index is -0.540. The Morgan fingerprint density at radius 1 is 1.26 bits per heavy atom. The first-order valence-electron chi connectivity index (χ1n) is 6.32. The molecule has 0 spiro atoms. The van der Waals surface area contributed by atoms with E-state index in [2.05, 4.69) is 5.32 Å². The lowest BCUT2D eigenvalue weighted by Gasteiger charge is -2.11. The number of carbonyl (C=O) groups is 1. The molecule has 0 saturated heterocycles. The van der Waals surface area contributed by atoms with Crippen LogP contribution in [0.5, 0.6) is 0 Å². The van der Waals surface area contributed by atoms with Crippen molar-refractivity contribution in [3.05, 3.63) is 59.9 Å². The molecule has 1 atom stereocenters. The maximum Gasteiger partial charge on any atom is 0.268 e. The van der Waals surface area contributed by atoms with E-state index >= 15 is 0 Å². The van der Waals surface area contributed by atoms with Crippen LogP contribution in [-0.2, 0) is 6.54 Å². The lowest BCUT2D eigenvalue weighted by molar-refractivity contribution is 0.0915. The summed E-state index contributed by atoms with van der Waals surface area (Å²) >= 11 is 0. The van der Waals surface area contributed by atoms with Gasteiger partial charge < -0.3 is 15.0 Å². The summed E-state index contributed by atoms with van der Waals surface area (Å²) in [7, 11) is 0. The highest BCUT2D eigenvalue weighted by atomic mass is 16.3. The Morgan fingerprint density at radius 3 is 2.68 bits per heavy atom. The van der Waals surface area contributed by atoms with Crippen molar-refractivity contribution >= 4 is 5.91 Å². The average molecular weight is 258 g/mol. The summed E-state index contributed by atoms with van der Waals surface area (Å²) in [6, 6.07) is 13.6. The zero-order valence-electron chi connectivity index (χ0n) is 10.9. The van der Waals surface area contributed by atoms with Crippen molar-refractivity contribution in [3.63, 3.8) is 0 Å². The number of carbonyl (C=O) groups excluding carboxylic acids is 1. The van der Waals surface area contributed by atoms with Gasteiger partial charge in [0.2, 0.25) is 0 Å². The molecule has 4 heteroatoms. The maximum absolute atomic E-state index is 12.0. The maximum atomic E-state index is 12.0. The molecule has 4 nitrogen and oxygen atoms in total. The molecule has 1 aromatic carbocycles. The molecular weight excluding hydrogens is 240 g/mol. The monoisotopic (exact) mass is 258 g/mol. The van der Waals surface area contributed by atoms with Gasteiger partial charge in [-0.2, -0.15) is 0 Å². The van der Waals surface area contributed by atoms with Crippen molar-refractivity contribution in [2.24, 2.45) is 0 Å². The number of rotatable bonds is 5. The molecule has 2 N–H and O–H groups in total. The number of benzene rings is 1. The highest BCUT2D eigenvalue weighted by Gasteiger charge is 2.11. The van der Waals surface area contributed by atoms with Gasteiger partial charge in [0, 0.05) is 19.3 Å². The summed E-state index contributed by atoms with van der Waals surface area (Å²) < 4.78 is 1.90. The zero-order valence-corrected chi connectivity index (χ0v) is 10.9. The Kier molecular flexibility index (Phi) is 4.36. The van der Waals surface area contributed by atoms with Crippen LogP contribution in [-0.4, -0.2) is 28.2 Å². The van der Waals surface area contributed by atoms with E-state index in [4.69, 9.17) is 0 Å². The number of nitrogens with one attached hydrogen (secondary N) is 1. The van der Waals surface area contributed by atoms with Gasteiger partial charge in [0.15, 0.2) is 0 Å². The van der Waals surface area contributed by atoms with Gasteiger partial charge in [-0.1, -0.05) is 30.3 Å². The van der Waals surface area contributed by atoms with Crippen LogP contribution in [0.4, 0.5) is 0 Å². The fourth-order valence-corrected chi connectivity index (χ4v) is 1.87. The molecule has 1 amide bonds. The SMILES string of the molecule is C[C@H](O)CNC(=O)c1cccn1Cc1ccccc1. The molecular formula is C15H18N2O2. The molecule has 0 aliphatic carbocycles. The van der Waals surface area contributed by atoms with Gasteiger partial charge in [-0.05, 0) is 24.6 Å². The topological polar surface area (TPSA) is 54.3 Å². The van der Waals surface area contributed by atoms with Crippen molar-refractivity contribution in [3.8, 4) is 0 Å². The van der Waals surface area contributed by atoms with Crippen molar-refractivity contribution in [1.82, 2.24) is 9.88 Å². The predicted molar refractivity (Wildman–Crippen MR) is 74.0 cm³/mol. The summed E-state index contributed by atoms with van der Waals surface area (Å²) in [5.74, 6) is -0.165. The first kappa shape index (κ1) is 13.4. The van der Waals surface area contributed by atoms with E-state index in [1.54, 1.807) is 13.0 Å². The molecule has 1 aromatic heterocycles. The van der Waals surface area contributed by atoms with Gasteiger partial charge >= 0.3 is 0 Å². The van der Waals surface area contributed by atoms with Crippen LogP contribution in [0.1, 0.15) is 23.0 Å². The molecule has 0 aliphatic rings. The highest BCUT2D eigenvalue weighted by Crippen LogP contribution is 2.07. The molecule has 0 radical (unpaired) electrons. The summed E-state index contributed by atoms with van der Waals surface area (Å²) in [5, 5.41) is 11.9. The summed E-state index contributed by atoms with van der Waals surface area (Å²) in [6.45, 7) is 2.56. The lowest BCUT2D eigenvalue weighted by Crippen LogP contribution is -2.32. The Bertz CT molecular complexity index is 532. The van der Waals surface area contributed by atoms with E-state index < -0.39 is 6.10 Å². The van der Waals surface area contributed by atoms with E-state index in [0.717, 1.165) is 5.56 Å². The third-order valence-electron chi connectivity index (χ3n) is 2.82. The van der Waals surface area contributed by atoms with E-state index in [1.165, 1.54) is 0 Å². The summed E-state index contributed by atoms with van der Waals surface area (Å²) in [4.78, 5) is 12.0. The van der Waals surface area contributed by atoms with Crippen molar-refractivity contribution < 1.29 is 9.90 Å². The fraction of sp³-hybridized carbons (Fsp3) is 0.267. The zero-order chi connectivity index (χ0) is 13.7. The van der Waals surface area contributed by atoms with Gasteiger partial charge in [-0.15, -0.1) is 0 Å². The number of hydrogen-bond acceptors (Lipinski definition) is 2. The normalized spacial score (nSPS) is 12.1. The fourth-order valence-electron chi connectivity index (χ4n) is 1.87. The largest absolute Gasteiger partial charge is 0.392 e. The molecule has 0 unspecified atom stereocenters. The van der Waals surface area contributed by atoms with E-state index in [0.29, 0.717) is 12.2 Å². The van der Waals surface area contributed by atoms with Crippen LogP contribution in [0, 0.1) is 0 Å². The molecule has 0 fully saturated rings. The van der Waals surface area contributed by atoms with Crippen molar-refractivity contribution in [2.45, 2.75) is 19.6 Å². The second-order valence-corrected chi connectivity index (χ2v) is 4.57. The minimum Gasteiger partial charge on any atom is -0.392 e. The Balaban J connectivity index is 2.07. The van der Waals surface area contributed by atoms with Crippen LogP contribution in [0.15, 0.2) is 48.7 Å². The highest BCUT2D eigenvalue weighted by molar-refractivity contribution is 5.92. The molecule has 2 rings (SSSR count). The minimum absolute atomic E-state index is 0.165. The average Bonchev–Trinajstić information content (AvgIpc) is 2.85. The number of amides is 1. The standard InChI is InChI=1S/C15H18N2O2/c1-12(18)10-16-15(19)14-8-5-9-17(14)11-13-6-3-2-4-7-13/h2-9,12,18H,10-11H2,1H3,(H,16,19)/t12-/m0/s1. The summed E-state index contributed by atoms with van der Waals surface area (Å²) in [6.07, 6.45) is 1.34. The number of aliphatic hydroxyl groups excluding tert-OH is 1. The van der Waals surface area contributed by atoms with E-state index in [1.807, 2.05) is 47.2 Å². The van der Waals surface area contributed by atoms with Crippen LogP contribution >= 0.6 is 0 Å². The molecule has 1 heterocycles. The van der Waals surface area contributed by atoms with Crippen LogP contribution in [0.3, 0.4) is 0 Å². The first-order valence-corrected chi connectivity index (χ1v) is 6.32. The van der Waals surface area contributed by atoms with Crippen molar-refractivity contribution in [2.75, 3.05) is 6.54 Å². The Labute approximate surface area is 112 Å². The van der Waals surface area contributed by atoms with Gasteiger partial charge in [-0.25, -0.2) is 0 Å². The van der Waals surface area contributed by atoms with Crippen LogP contribution in [0.2, 0.25) is 0 Å². The van der Waals surface area contributed by atoms with Crippen LogP contribution in [0.25, 0.3) is 0 Å².